The maximum Gasteiger partial charge on any atom is 0.269 e. The van der Waals surface area contributed by atoms with Crippen molar-refractivity contribution in [1.29, 1.82) is 0 Å². The minimum Gasteiger partial charge on any atom is -0.497 e. The molecule has 0 aliphatic carbocycles. The average molecular weight is 356 g/mol. The van der Waals surface area contributed by atoms with Crippen LogP contribution in [0, 0.1) is 0 Å². The molecule has 9 heteroatoms. The number of carbonyl (C=O) groups is 1. The van der Waals surface area contributed by atoms with E-state index in [1.807, 2.05) is 24.3 Å². The molecule has 0 aliphatic rings. The fourth-order valence-corrected chi connectivity index (χ4v) is 2.36. The van der Waals surface area contributed by atoms with Gasteiger partial charge in [-0.3, -0.25) is 15.0 Å². The number of H-pyrrole nitrogens is 2. The summed E-state index contributed by atoms with van der Waals surface area (Å²) in [6, 6.07) is 8.66. The Morgan fingerprint density at radius 2 is 1.92 bits per heavy atom. The van der Waals surface area contributed by atoms with Crippen LogP contribution in [-0.4, -0.2) is 43.5 Å². The summed E-state index contributed by atoms with van der Waals surface area (Å²) in [4.78, 5) is 16.6. The number of aliphatic hydroxyl groups is 1. The van der Waals surface area contributed by atoms with Gasteiger partial charge in [0.2, 0.25) is 0 Å². The van der Waals surface area contributed by atoms with Crippen LogP contribution in [0.5, 0.6) is 5.75 Å². The molecule has 2 aromatic heterocycles. The summed E-state index contributed by atoms with van der Waals surface area (Å²) >= 11 is 0. The number of aromatic nitrogens is 5. The van der Waals surface area contributed by atoms with Crippen LogP contribution in [0.3, 0.4) is 0 Å². The number of carbonyl (C=O) groups excluding carboxylic acids is 1. The van der Waals surface area contributed by atoms with Crippen LogP contribution in [0.2, 0.25) is 0 Å². The lowest BCUT2D eigenvalue weighted by atomic mass is 10.1. The first kappa shape index (κ1) is 17.6. The van der Waals surface area contributed by atoms with Gasteiger partial charge in [-0.15, -0.1) is 0 Å². The second kappa shape index (κ2) is 7.36. The van der Waals surface area contributed by atoms with Crippen molar-refractivity contribution in [3.8, 4) is 17.0 Å². The monoisotopic (exact) mass is 356 g/mol. The van der Waals surface area contributed by atoms with Crippen LogP contribution in [0.25, 0.3) is 11.3 Å². The Hall–Kier alpha value is -3.20. The summed E-state index contributed by atoms with van der Waals surface area (Å²) in [5, 5.41) is 25.8. The topological polar surface area (TPSA) is 129 Å². The lowest BCUT2D eigenvalue weighted by molar-refractivity contribution is 0.0933. The molecule has 9 nitrogen and oxygen atoms in total. The van der Waals surface area contributed by atoms with E-state index >= 15 is 0 Å². The first-order chi connectivity index (χ1) is 12.5. The van der Waals surface area contributed by atoms with E-state index in [9.17, 15) is 9.90 Å². The van der Waals surface area contributed by atoms with Crippen molar-refractivity contribution in [2.24, 2.45) is 0 Å². The zero-order chi connectivity index (χ0) is 18.7. The molecule has 0 radical (unpaired) electrons. The highest BCUT2D eigenvalue weighted by Gasteiger charge is 2.18. The minimum atomic E-state index is -0.775. The molecule has 0 bridgehead atoms. The van der Waals surface area contributed by atoms with Crippen LogP contribution in [0.4, 0.5) is 0 Å². The van der Waals surface area contributed by atoms with Crippen molar-refractivity contribution in [3.63, 3.8) is 0 Å². The Kier molecular flexibility index (Phi) is 4.99. The molecule has 3 rings (SSSR count). The normalized spacial score (nSPS) is 13.2. The largest absolute Gasteiger partial charge is 0.497 e. The number of rotatable bonds is 6. The van der Waals surface area contributed by atoms with E-state index in [1.165, 1.54) is 0 Å². The molecule has 1 aromatic carbocycles. The summed E-state index contributed by atoms with van der Waals surface area (Å²) in [6.45, 7) is 3.34. The predicted octanol–water partition coefficient (Wildman–Crippen LogP) is 1.75. The molecule has 0 spiro atoms. The fraction of sp³-hybridized carbons (Fsp3) is 0.294. The fourth-order valence-electron chi connectivity index (χ4n) is 2.36. The number of amides is 1. The van der Waals surface area contributed by atoms with Gasteiger partial charge >= 0.3 is 0 Å². The summed E-state index contributed by atoms with van der Waals surface area (Å²) in [5.41, 5.74) is 1.85. The number of aliphatic hydroxyl groups excluding tert-OH is 1. The first-order valence-electron chi connectivity index (χ1n) is 8.09. The van der Waals surface area contributed by atoms with Gasteiger partial charge in [-0.05, 0) is 44.2 Å². The number of aromatic amines is 2. The van der Waals surface area contributed by atoms with Crippen molar-refractivity contribution in [1.82, 2.24) is 30.7 Å². The molecule has 0 saturated heterocycles. The summed E-state index contributed by atoms with van der Waals surface area (Å²) in [5.74, 6) is 1.17. The molecule has 1 amide bonds. The Balaban J connectivity index is 1.68. The maximum atomic E-state index is 12.4. The van der Waals surface area contributed by atoms with E-state index in [1.54, 1.807) is 27.0 Å². The van der Waals surface area contributed by atoms with Crippen LogP contribution in [-0.2, 0) is 0 Å². The summed E-state index contributed by atoms with van der Waals surface area (Å²) in [7, 11) is 1.60. The van der Waals surface area contributed by atoms with E-state index in [0.29, 0.717) is 17.2 Å². The number of hydrogen-bond acceptors (Lipinski definition) is 6. The van der Waals surface area contributed by atoms with Crippen molar-refractivity contribution < 1.29 is 14.6 Å². The lowest BCUT2D eigenvalue weighted by Crippen LogP contribution is -2.27. The highest BCUT2D eigenvalue weighted by Crippen LogP contribution is 2.21. The van der Waals surface area contributed by atoms with Gasteiger partial charge in [0.05, 0.1) is 18.8 Å². The SMILES string of the molecule is COc1ccc(-c2cc(C(=O)NC(C)c3nc(C(C)O)n[nH]3)[nH]n2)cc1. The van der Waals surface area contributed by atoms with Crippen LogP contribution >= 0.6 is 0 Å². The Morgan fingerprint density at radius 1 is 1.19 bits per heavy atom. The van der Waals surface area contributed by atoms with Gasteiger partial charge in [0.25, 0.3) is 5.91 Å². The molecule has 2 heterocycles. The number of ether oxygens (including phenoxy) is 1. The van der Waals surface area contributed by atoms with Gasteiger partial charge in [-0.2, -0.15) is 10.2 Å². The van der Waals surface area contributed by atoms with Gasteiger partial charge in [-0.1, -0.05) is 0 Å². The van der Waals surface area contributed by atoms with Crippen LogP contribution < -0.4 is 10.1 Å². The van der Waals surface area contributed by atoms with Gasteiger partial charge in [0.1, 0.15) is 23.4 Å². The Labute approximate surface area is 149 Å². The van der Waals surface area contributed by atoms with E-state index in [-0.39, 0.29) is 11.7 Å². The van der Waals surface area contributed by atoms with Crippen LogP contribution in [0.15, 0.2) is 30.3 Å². The molecule has 0 saturated carbocycles. The second-order valence-corrected chi connectivity index (χ2v) is 5.85. The molecule has 0 fully saturated rings. The number of hydrogen-bond donors (Lipinski definition) is 4. The Bertz CT molecular complexity index is 884. The molecular formula is C17H20N6O3. The zero-order valence-electron chi connectivity index (χ0n) is 14.6. The number of nitrogens with zero attached hydrogens (tertiary/aromatic N) is 3. The highest BCUT2D eigenvalue weighted by molar-refractivity contribution is 5.93. The van der Waals surface area contributed by atoms with E-state index in [0.717, 1.165) is 11.3 Å². The maximum absolute atomic E-state index is 12.4. The molecule has 0 aliphatic heterocycles. The second-order valence-electron chi connectivity index (χ2n) is 5.85. The third-order valence-electron chi connectivity index (χ3n) is 3.86. The van der Waals surface area contributed by atoms with E-state index in [4.69, 9.17) is 4.74 Å². The van der Waals surface area contributed by atoms with Crippen molar-refractivity contribution in [2.45, 2.75) is 26.0 Å². The minimum absolute atomic E-state index is 0.282. The third kappa shape index (κ3) is 3.72. The smallest absolute Gasteiger partial charge is 0.269 e. The van der Waals surface area contributed by atoms with Gasteiger partial charge < -0.3 is 15.2 Å². The lowest BCUT2D eigenvalue weighted by Gasteiger charge is -2.09. The van der Waals surface area contributed by atoms with E-state index in [2.05, 4.69) is 30.7 Å². The molecule has 136 valence electrons. The van der Waals surface area contributed by atoms with E-state index < -0.39 is 12.1 Å². The first-order valence-corrected chi connectivity index (χ1v) is 8.09. The third-order valence-corrected chi connectivity index (χ3v) is 3.86. The summed E-state index contributed by atoms with van der Waals surface area (Å²) in [6.07, 6.45) is -0.775. The molecule has 26 heavy (non-hydrogen) atoms. The van der Waals surface area contributed by atoms with Gasteiger partial charge in [-0.25, -0.2) is 4.98 Å². The number of methoxy groups -OCH3 is 1. The quantitative estimate of drug-likeness (QED) is 0.532. The van der Waals surface area contributed by atoms with Crippen molar-refractivity contribution >= 4 is 5.91 Å². The van der Waals surface area contributed by atoms with Crippen molar-refractivity contribution in [2.75, 3.05) is 7.11 Å². The van der Waals surface area contributed by atoms with Gasteiger partial charge in [0.15, 0.2) is 5.82 Å². The molecule has 3 aromatic rings. The number of nitrogens with one attached hydrogen (secondary N) is 3. The highest BCUT2D eigenvalue weighted by atomic mass is 16.5. The summed E-state index contributed by atoms with van der Waals surface area (Å²) < 4.78 is 5.13. The Morgan fingerprint density at radius 3 is 2.54 bits per heavy atom. The zero-order valence-corrected chi connectivity index (χ0v) is 14.6. The van der Waals surface area contributed by atoms with Gasteiger partial charge in [0, 0.05) is 5.56 Å². The standard InChI is InChI=1S/C17H20N6O3/c1-9(15-19-16(10(2)24)23-22-15)18-17(25)14-8-13(20-21-14)11-4-6-12(26-3)7-5-11/h4-10,24H,1-3H3,(H,18,25)(H,20,21)(H,19,22,23). The molecule has 2 atom stereocenters. The molecule has 2 unspecified atom stereocenters. The average Bonchev–Trinajstić information content (AvgIpc) is 3.31. The molecule has 4 N–H and O–H groups in total. The molecular weight excluding hydrogens is 336 g/mol. The van der Waals surface area contributed by atoms with Crippen molar-refractivity contribution in [3.05, 3.63) is 47.7 Å². The van der Waals surface area contributed by atoms with Crippen LogP contribution in [0.1, 0.15) is 48.1 Å². The predicted molar refractivity (Wildman–Crippen MR) is 93.5 cm³/mol. The number of benzene rings is 1.